The van der Waals surface area contributed by atoms with E-state index in [1.54, 1.807) is 19.5 Å². The van der Waals surface area contributed by atoms with Gasteiger partial charge in [-0.25, -0.2) is 9.97 Å². The van der Waals surface area contributed by atoms with Crippen LogP contribution in [0.2, 0.25) is 5.15 Å². The highest BCUT2D eigenvalue weighted by molar-refractivity contribution is 6.32. The lowest BCUT2D eigenvalue weighted by Gasteiger charge is -2.04. The van der Waals surface area contributed by atoms with E-state index in [2.05, 4.69) is 20.5 Å². The predicted molar refractivity (Wildman–Crippen MR) is 88.8 cm³/mol. The summed E-state index contributed by atoms with van der Waals surface area (Å²) in [5.41, 5.74) is 4.36. The fraction of sp³-hybridized carbons (Fsp3) is 0.0625. The van der Waals surface area contributed by atoms with E-state index in [4.69, 9.17) is 16.3 Å². The van der Waals surface area contributed by atoms with Crippen LogP contribution >= 0.6 is 11.6 Å². The highest BCUT2D eigenvalue weighted by Crippen LogP contribution is 2.23. The molecule has 0 radical (unpaired) electrons. The number of ether oxygens (including phenoxy) is 1. The highest BCUT2D eigenvalue weighted by Gasteiger charge is 2.04. The van der Waals surface area contributed by atoms with Crippen molar-refractivity contribution in [2.45, 2.75) is 0 Å². The van der Waals surface area contributed by atoms with E-state index in [9.17, 15) is 0 Å². The number of methoxy groups -OCH3 is 1. The SMILES string of the molecule is COc1ccc2nc(Cl)c(/C=N/Nc3ccccn3)cc2c1. The molecule has 2 heterocycles. The first kappa shape index (κ1) is 14.3. The van der Waals surface area contributed by atoms with Gasteiger partial charge in [-0.1, -0.05) is 17.7 Å². The van der Waals surface area contributed by atoms with Crippen LogP contribution in [-0.2, 0) is 0 Å². The minimum atomic E-state index is 0.393. The standard InChI is InChI=1S/C16H13ClN4O/c1-22-13-5-6-14-11(9-13)8-12(16(17)20-14)10-19-21-15-4-2-3-7-18-15/h2-10H,1H3,(H,18,21)/b19-10+. The number of aromatic nitrogens is 2. The second-order valence-corrected chi connectivity index (χ2v) is 4.87. The molecule has 0 fully saturated rings. The van der Waals surface area contributed by atoms with Gasteiger partial charge >= 0.3 is 0 Å². The van der Waals surface area contributed by atoms with Crippen molar-refractivity contribution in [2.24, 2.45) is 5.10 Å². The van der Waals surface area contributed by atoms with Crippen LogP contribution in [0.15, 0.2) is 53.8 Å². The van der Waals surface area contributed by atoms with Crippen LogP contribution in [0.4, 0.5) is 5.82 Å². The number of nitrogens with zero attached hydrogens (tertiary/aromatic N) is 3. The van der Waals surface area contributed by atoms with Gasteiger partial charge in [0.2, 0.25) is 0 Å². The lowest BCUT2D eigenvalue weighted by molar-refractivity contribution is 0.415. The zero-order chi connectivity index (χ0) is 15.4. The third-order valence-electron chi connectivity index (χ3n) is 3.05. The molecule has 0 unspecified atom stereocenters. The summed E-state index contributed by atoms with van der Waals surface area (Å²) < 4.78 is 5.22. The van der Waals surface area contributed by atoms with Crippen molar-refractivity contribution >= 4 is 34.5 Å². The van der Waals surface area contributed by atoms with Crippen molar-refractivity contribution in [3.05, 3.63) is 59.4 Å². The Kier molecular flexibility index (Phi) is 4.16. The number of rotatable bonds is 4. The first-order chi connectivity index (χ1) is 10.8. The number of hydrogen-bond acceptors (Lipinski definition) is 5. The highest BCUT2D eigenvalue weighted by atomic mass is 35.5. The van der Waals surface area contributed by atoms with Gasteiger partial charge in [0.05, 0.1) is 18.8 Å². The van der Waals surface area contributed by atoms with Crippen molar-refractivity contribution in [1.82, 2.24) is 9.97 Å². The Labute approximate surface area is 132 Å². The summed E-state index contributed by atoms with van der Waals surface area (Å²) in [5.74, 6) is 1.43. The molecule has 0 amide bonds. The molecule has 3 aromatic rings. The fourth-order valence-electron chi connectivity index (χ4n) is 1.96. The fourth-order valence-corrected chi connectivity index (χ4v) is 2.16. The summed E-state index contributed by atoms with van der Waals surface area (Å²) in [7, 11) is 1.63. The van der Waals surface area contributed by atoms with Crippen LogP contribution in [0.1, 0.15) is 5.56 Å². The largest absolute Gasteiger partial charge is 0.497 e. The lowest BCUT2D eigenvalue weighted by atomic mass is 10.1. The van der Waals surface area contributed by atoms with Gasteiger partial charge in [0, 0.05) is 17.1 Å². The zero-order valence-electron chi connectivity index (χ0n) is 11.8. The molecule has 0 spiro atoms. The molecule has 3 rings (SSSR count). The Morgan fingerprint density at radius 1 is 1.23 bits per heavy atom. The lowest BCUT2D eigenvalue weighted by Crippen LogP contribution is -1.94. The number of hydrazone groups is 1. The number of anilines is 1. The summed E-state index contributed by atoms with van der Waals surface area (Å²) in [6.07, 6.45) is 3.30. The Morgan fingerprint density at radius 2 is 2.14 bits per heavy atom. The van der Waals surface area contributed by atoms with Crippen LogP contribution in [0.25, 0.3) is 10.9 Å². The molecule has 0 aliphatic rings. The minimum absolute atomic E-state index is 0.393. The summed E-state index contributed by atoms with van der Waals surface area (Å²) in [6.45, 7) is 0. The van der Waals surface area contributed by atoms with Gasteiger partial charge in [-0.3, -0.25) is 5.43 Å². The second kappa shape index (κ2) is 6.41. The van der Waals surface area contributed by atoms with Gasteiger partial charge in [0.1, 0.15) is 16.7 Å². The number of hydrogen-bond donors (Lipinski definition) is 1. The maximum absolute atomic E-state index is 6.18. The average molecular weight is 313 g/mol. The van der Waals surface area contributed by atoms with E-state index in [-0.39, 0.29) is 0 Å². The average Bonchev–Trinajstić information content (AvgIpc) is 2.56. The second-order valence-electron chi connectivity index (χ2n) is 4.51. The Hall–Kier alpha value is -2.66. The molecule has 1 N–H and O–H groups in total. The van der Waals surface area contributed by atoms with Gasteiger partial charge in [-0.05, 0) is 36.4 Å². The molecule has 6 heteroatoms. The minimum Gasteiger partial charge on any atom is -0.497 e. The normalized spacial score (nSPS) is 11.0. The summed E-state index contributed by atoms with van der Waals surface area (Å²) in [4.78, 5) is 8.47. The molecule has 0 atom stereocenters. The Balaban J connectivity index is 1.87. The number of halogens is 1. The van der Waals surface area contributed by atoms with Crippen molar-refractivity contribution in [2.75, 3.05) is 12.5 Å². The van der Waals surface area contributed by atoms with Gasteiger partial charge in [0.15, 0.2) is 0 Å². The molecule has 0 saturated heterocycles. The molecule has 5 nitrogen and oxygen atoms in total. The predicted octanol–water partition coefficient (Wildman–Crippen LogP) is 3.74. The van der Waals surface area contributed by atoms with Crippen molar-refractivity contribution < 1.29 is 4.74 Å². The van der Waals surface area contributed by atoms with Crippen LogP contribution < -0.4 is 10.2 Å². The molecule has 1 aromatic carbocycles. The number of pyridine rings is 2. The maximum atomic E-state index is 6.18. The topological polar surface area (TPSA) is 59.4 Å². The van der Waals surface area contributed by atoms with Crippen molar-refractivity contribution in [3.8, 4) is 5.75 Å². The quantitative estimate of drug-likeness (QED) is 0.453. The van der Waals surface area contributed by atoms with Gasteiger partial charge < -0.3 is 4.74 Å². The molecule has 2 aromatic heterocycles. The van der Waals surface area contributed by atoms with Crippen LogP contribution in [0.5, 0.6) is 5.75 Å². The third-order valence-corrected chi connectivity index (χ3v) is 3.35. The molecule has 0 bridgehead atoms. The third kappa shape index (κ3) is 3.15. The van der Waals surface area contributed by atoms with E-state index in [0.717, 1.165) is 16.7 Å². The summed E-state index contributed by atoms with van der Waals surface area (Å²) in [6, 6.07) is 13.1. The molecule has 110 valence electrons. The van der Waals surface area contributed by atoms with Crippen LogP contribution in [0.3, 0.4) is 0 Å². The number of fused-ring (bicyclic) bond motifs is 1. The first-order valence-electron chi connectivity index (χ1n) is 6.60. The summed E-state index contributed by atoms with van der Waals surface area (Å²) >= 11 is 6.18. The number of nitrogens with one attached hydrogen (secondary N) is 1. The van der Waals surface area contributed by atoms with Crippen LogP contribution in [0, 0.1) is 0 Å². The molecular formula is C16H13ClN4O. The van der Waals surface area contributed by atoms with E-state index in [0.29, 0.717) is 16.5 Å². The zero-order valence-corrected chi connectivity index (χ0v) is 12.6. The van der Waals surface area contributed by atoms with E-state index >= 15 is 0 Å². The van der Waals surface area contributed by atoms with E-state index in [1.807, 2.05) is 42.5 Å². The molecular weight excluding hydrogens is 300 g/mol. The van der Waals surface area contributed by atoms with E-state index < -0.39 is 0 Å². The molecule has 0 saturated carbocycles. The molecule has 22 heavy (non-hydrogen) atoms. The molecule has 0 aliphatic carbocycles. The summed E-state index contributed by atoms with van der Waals surface area (Å²) in [5, 5.41) is 5.46. The van der Waals surface area contributed by atoms with Crippen molar-refractivity contribution in [1.29, 1.82) is 0 Å². The van der Waals surface area contributed by atoms with Gasteiger partial charge in [0.25, 0.3) is 0 Å². The Morgan fingerprint density at radius 3 is 2.91 bits per heavy atom. The van der Waals surface area contributed by atoms with E-state index in [1.165, 1.54) is 0 Å². The van der Waals surface area contributed by atoms with Gasteiger partial charge in [-0.15, -0.1) is 0 Å². The first-order valence-corrected chi connectivity index (χ1v) is 6.98. The monoisotopic (exact) mass is 312 g/mol. The van der Waals surface area contributed by atoms with Crippen LogP contribution in [-0.4, -0.2) is 23.3 Å². The smallest absolute Gasteiger partial charge is 0.146 e. The number of benzene rings is 1. The Bertz CT molecular complexity index is 821. The maximum Gasteiger partial charge on any atom is 0.146 e. The van der Waals surface area contributed by atoms with Crippen molar-refractivity contribution in [3.63, 3.8) is 0 Å². The van der Waals surface area contributed by atoms with Gasteiger partial charge in [-0.2, -0.15) is 5.10 Å². The molecule has 0 aliphatic heterocycles.